The fraction of sp³-hybridized carbons (Fsp3) is 0.208. The van der Waals surface area contributed by atoms with Gasteiger partial charge in [0.05, 0.1) is 6.04 Å². The average Bonchev–Trinajstić information content (AvgIpc) is 2.96. The van der Waals surface area contributed by atoms with Crippen LogP contribution in [0.2, 0.25) is 0 Å². The number of hydrogen-bond donors (Lipinski definition) is 2. The Bertz CT molecular complexity index is 1400. The minimum Gasteiger partial charge on any atom is -0.503 e. The van der Waals surface area contributed by atoms with Crippen molar-refractivity contribution in [3.8, 4) is 5.75 Å². The molecule has 3 aromatic rings. The summed E-state index contributed by atoms with van der Waals surface area (Å²) >= 11 is 0. The molecule has 174 valence electrons. The minimum atomic E-state index is -1.19. The van der Waals surface area contributed by atoms with E-state index in [1.165, 1.54) is 10.8 Å². The Morgan fingerprint density at radius 2 is 1.76 bits per heavy atom. The SMILES string of the molecule is O=C(NCc1c(F)cc(F)cc1F)c1cn2c(c(O)c1=O)C(=O)N1Cc3ccccc3C[C@H]2C1. The van der Waals surface area contributed by atoms with Gasteiger partial charge in [-0.05, 0) is 17.5 Å². The van der Waals surface area contributed by atoms with Crippen LogP contribution in [0.5, 0.6) is 5.75 Å². The molecule has 2 N–H and O–H groups in total. The largest absolute Gasteiger partial charge is 0.503 e. The molecule has 2 aromatic carbocycles. The predicted molar refractivity (Wildman–Crippen MR) is 114 cm³/mol. The van der Waals surface area contributed by atoms with Crippen molar-refractivity contribution < 1.29 is 27.9 Å². The highest BCUT2D eigenvalue weighted by Gasteiger charge is 2.37. The van der Waals surface area contributed by atoms with Gasteiger partial charge >= 0.3 is 0 Å². The lowest BCUT2D eigenvalue weighted by Gasteiger charge is -2.34. The van der Waals surface area contributed by atoms with Crippen molar-refractivity contribution in [1.82, 2.24) is 14.8 Å². The molecule has 0 fully saturated rings. The number of halogens is 3. The highest BCUT2D eigenvalue weighted by Crippen LogP contribution is 2.33. The van der Waals surface area contributed by atoms with E-state index in [0.717, 1.165) is 11.1 Å². The van der Waals surface area contributed by atoms with Crippen LogP contribution in [0, 0.1) is 17.5 Å². The van der Waals surface area contributed by atoms with Crippen LogP contribution in [-0.2, 0) is 19.5 Å². The first-order valence-corrected chi connectivity index (χ1v) is 10.5. The highest BCUT2D eigenvalue weighted by atomic mass is 19.1. The van der Waals surface area contributed by atoms with Gasteiger partial charge in [-0.25, -0.2) is 13.2 Å². The van der Waals surface area contributed by atoms with Crippen molar-refractivity contribution in [1.29, 1.82) is 0 Å². The molecular weight excluding hydrogens is 451 g/mol. The van der Waals surface area contributed by atoms with Gasteiger partial charge < -0.3 is 19.9 Å². The Morgan fingerprint density at radius 1 is 1.09 bits per heavy atom. The second kappa shape index (κ2) is 8.05. The minimum absolute atomic E-state index is 0.207. The Kier molecular flexibility index (Phi) is 5.15. The number of carbonyl (C=O) groups excluding carboxylic acids is 2. The number of hydrogen-bond acceptors (Lipinski definition) is 4. The summed E-state index contributed by atoms with van der Waals surface area (Å²) in [5.41, 5.74) is -0.390. The molecule has 0 radical (unpaired) electrons. The maximum Gasteiger partial charge on any atom is 0.274 e. The zero-order chi connectivity index (χ0) is 24.1. The number of aromatic nitrogens is 1. The number of amides is 2. The summed E-state index contributed by atoms with van der Waals surface area (Å²) < 4.78 is 42.3. The van der Waals surface area contributed by atoms with Crippen molar-refractivity contribution >= 4 is 11.8 Å². The van der Waals surface area contributed by atoms with Gasteiger partial charge in [0, 0.05) is 43.5 Å². The number of carbonyl (C=O) groups is 2. The van der Waals surface area contributed by atoms with E-state index < -0.39 is 58.1 Å². The van der Waals surface area contributed by atoms with Gasteiger partial charge in [0.1, 0.15) is 23.0 Å². The summed E-state index contributed by atoms with van der Waals surface area (Å²) in [6.07, 6.45) is 1.69. The number of fused-ring (bicyclic) bond motifs is 5. The Balaban J connectivity index is 1.50. The molecule has 0 saturated carbocycles. The van der Waals surface area contributed by atoms with Gasteiger partial charge in [0.25, 0.3) is 11.8 Å². The number of pyridine rings is 1. The topological polar surface area (TPSA) is 91.6 Å². The van der Waals surface area contributed by atoms with E-state index in [1.807, 2.05) is 24.3 Å². The lowest BCUT2D eigenvalue weighted by Crippen LogP contribution is -2.44. The van der Waals surface area contributed by atoms with Crippen molar-refractivity contribution in [2.75, 3.05) is 6.54 Å². The molecule has 2 amide bonds. The lowest BCUT2D eigenvalue weighted by atomic mass is 10.0. The summed E-state index contributed by atoms with van der Waals surface area (Å²) in [6.45, 7) is -0.00565. The van der Waals surface area contributed by atoms with Gasteiger partial charge in [0.2, 0.25) is 5.43 Å². The van der Waals surface area contributed by atoms with Crippen LogP contribution in [0.4, 0.5) is 13.2 Å². The van der Waals surface area contributed by atoms with Crippen LogP contribution < -0.4 is 10.7 Å². The van der Waals surface area contributed by atoms with E-state index in [9.17, 15) is 32.7 Å². The van der Waals surface area contributed by atoms with E-state index in [-0.39, 0.29) is 11.7 Å². The normalized spacial score (nSPS) is 16.5. The molecule has 2 bridgehead atoms. The van der Waals surface area contributed by atoms with Crippen molar-refractivity contribution in [3.63, 3.8) is 0 Å². The first-order valence-electron chi connectivity index (χ1n) is 10.5. The van der Waals surface area contributed by atoms with Gasteiger partial charge in [0.15, 0.2) is 11.4 Å². The molecular formula is C24H18F3N3O4. The van der Waals surface area contributed by atoms with Gasteiger partial charge in [-0.15, -0.1) is 0 Å². The molecule has 2 aliphatic heterocycles. The summed E-state index contributed by atoms with van der Waals surface area (Å²) in [6, 6.07) is 8.19. The quantitative estimate of drug-likeness (QED) is 0.617. The van der Waals surface area contributed by atoms with E-state index >= 15 is 0 Å². The third-order valence-corrected chi connectivity index (χ3v) is 6.24. The van der Waals surface area contributed by atoms with Crippen LogP contribution >= 0.6 is 0 Å². The van der Waals surface area contributed by atoms with Crippen molar-refractivity contribution in [2.24, 2.45) is 0 Å². The third-order valence-electron chi connectivity index (χ3n) is 6.24. The predicted octanol–water partition coefficient (Wildman–Crippen LogP) is 2.65. The molecule has 3 heterocycles. The smallest absolute Gasteiger partial charge is 0.274 e. The number of nitrogens with zero attached hydrogens (tertiary/aromatic N) is 2. The molecule has 5 rings (SSSR count). The first-order chi connectivity index (χ1) is 16.2. The van der Waals surface area contributed by atoms with E-state index in [1.54, 1.807) is 4.90 Å². The second-order valence-corrected chi connectivity index (χ2v) is 8.32. The molecule has 34 heavy (non-hydrogen) atoms. The van der Waals surface area contributed by atoms with Crippen molar-refractivity contribution in [2.45, 2.75) is 25.6 Å². The van der Waals surface area contributed by atoms with Gasteiger partial charge in [-0.1, -0.05) is 24.3 Å². The van der Waals surface area contributed by atoms with Crippen LogP contribution in [0.1, 0.15) is 43.6 Å². The zero-order valence-electron chi connectivity index (χ0n) is 17.6. The zero-order valence-corrected chi connectivity index (χ0v) is 17.6. The molecule has 0 aliphatic carbocycles. The highest BCUT2D eigenvalue weighted by molar-refractivity contribution is 5.99. The number of rotatable bonds is 3. The molecule has 2 aliphatic rings. The maximum atomic E-state index is 13.9. The van der Waals surface area contributed by atoms with E-state index in [2.05, 4.69) is 5.32 Å². The molecule has 0 saturated heterocycles. The van der Waals surface area contributed by atoms with Crippen LogP contribution in [0.25, 0.3) is 0 Å². The number of aromatic hydroxyl groups is 1. The van der Waals surface area contributed by atoms with Crippen LogP contribution in [0.3, 0.4) is 0 Å². The molecule has 0 spiro atoms. The first kappa shape index (κ1) is 21.7. The standard InChI is InChI=1S/C24H18F3N3O4/c25-14-6-18(26)16(19(27)7-14)8-28-23(33)17-11-30-15-5-12-3-1-2-4-13(12)9-29(10-15)24(34)20(30)22(32)21(17)31/h1-4,6-7,11,15,32H,5,8-10H2,(H,28,33)/t15-/m0/s1. The summed E-state index contributed by atoms with van der Waals surface area (Å²) in [4.78, 5) is 40.1. The number of benzene rings is 2. The molecule has 10 heteroatoms. The van der Waals surface area contributed by atoms with Gasteiger partial charge in [-0.3, -0.25) is 14.4 Å². The fourth-order valence-corrected chi connectivity index (χ4v) is 4.53. The van der Waals surface area contributed by atoms with Gasteiger partial charge in [-0.2, -0.15) is 0 Å². The maximum absolute atomic E-state index is 13.9. The van der Waals surface area contributed by atoms with Crippen molar-refractivity contribution in [3.05, 3.63) is 98.2 Å². The molecule has 1 atom stereocenters. The molecule has 1 aromatic heterocycles. The summed E-state index contributed by atoms with van der Waals surface area (Å²) in [5, 5.41) is 12.8. The Hall–Kier alpha value is -4.08. The average molecular weight is 469 g/mol. The Labute approximate surface area is 191 Å². The van der Waals surface area contributed by atoms with E-state index in [4.69, 9.17) is 0 Å². The third kappa shape index (κ3) is 3.51. The summed E-state index contributed by atoms with van der Waals surface area (Å²) in [7, 11) is 0. The van der Waals surface area contributed by atoms with Crippen LogP contribution in [-0.4, -0.2) is 32.9 Å². The Morgan fingerprint density at radius 3 is 2.47 bits per heavy atom. The lowest BCUT2D eigenvalue weighted by molar-refractivity contribution is 0.0653. The molecule has 0 unspecified atom stereocenters. The number of nitrogens with one attached hydrogen (secondary N) is 1. The van der Waals surface area contributed by atoms with Crippen LogP contribution in [0.15, 0.2) is 47.4 Å². The molecule has 7 nitrogen and oxygen atoms in total. The fourth-order valence-electron chi connectivity index (χ4n) is 4.53. The monoisotopic (exact) mass is 469 g/mol. The second-order valence-electron chi connectivity index (χ2n) is 8.32. The van der Waals surface area contributed by atoms with E-state index in [0.29, 0.717) is 31.6 Å². The summed E-state index contributed by atoms with van der Waals surface area (Å²) in [5.74, 6) is -5.88.